The highest BCUT2D eigenvalue weighted by Gasteiger charge is 2.15. The summed E-state index contributed by atoms with van der Waals surface area (Å²) in [5, 5.41) is 3.27. The Morgan fingerprint density at radius 3 is 2.88 bits per heavy atom. The largest absolute Gasteiger partial charge is 0.335 e. The number of aromatic nitrogens is 2. The summed E-state index contributed by atoms with van der Waals surface area (Å²) in [7, 11) is -3.45. The van der Waals surface area contributed by atoms with Crippen LogP contribution in [0.5, 0.6) is 0 Å². The number of hydrogen-bond donors (Lipinski definition) is 3. The van der Waals surface area contributed by atoms with Gasteiger partial charge in [-0.2, -0.15) is 0 Å². The second-order valence-corrected chi connectivity index (χ2v) is 5.29. The minimum atomic E-state index is -3.45. The van der Waals surface area contributed by atoms with Crippen LogP contribution in [0.2, 0.25) is 0 Å². The van der Waals surface area contributed by atoms with Crippen LogP contribution >= 0.6 is 12.4 Å². The van der Waals surface area contributed by atoms with Crippen LogP contribution in [0.3, 0.4) is 0 Å². The van der Waals surface area contributed by atoms with Gasteiger partial charge in [0.1, 0.15) is 0 Å². The Hall–Kier alpha value is -0.890. The summed E-state index contributed by atoms with van der Waals surface area (Å²) < 4.78 is 26.0. The maximum atomic E-state index is 11.7. The Labute approximate surface area is 106 Å². The van der Waals surface area contributed by atoms with E-state index in [4.69, 9.17) is 0 Å². The first-order chi connectivity index (χ1) is 7.68. The SMILES string of the molecule is Cl.O=S(=O)(NCC1=CCNCC1)c1cnc[nH]1. The molecule has 1 aromatic heterocycles. The second-order valence-electron chi connectivity index (χ2n) is 3.56. The Morgan fingerprint density at radius 2 is 2.29 bits per heavy atom. The van der Waals surface area contributed by atoms with Gasteiger partial charge in [0.25, 0.3) is 10.0 Å². The average Bonchev–Trinajstić information content (AvgIpc) is 2.82. The third kappa shape index (κ3) is 3.81. The van der Waals surface area contributed by atoms with E-state index in [1.165, 1.54) is 12.5 Å². The fourth-order valence-corrected chi connectivity index (χ4v) is 2.42. The summed E-state index contributed by atoms with van der Waals surface area (Å²) in [6.07, 6.45) is 5.53. The first-order valence-corrected chi connectivity index (χ1v) is 6.53. The summed E-state index contributed by atoms with van der Waals surface area (Å²) >= 11 is 0. The van der Waals surface area contributed by atoms with Crippen molar-refractivity contribution in [3.63, 3.8) is 0 Å². The molecule has 0 amide bonds. The van der Waals surface area contributed by atoms with E-state index in [-0.39, 0.29) is 17.4 Å². The maximum Gasteiger partial charge on any atom is 0.257 e. The minimum Gasteiger partial charge on any atom is -0.335 e. The number of sulfonamides is 1. The fraction of sp³-hybridized carbons (Fsp3) is 0.444. The number of halogens is 1. The predicted molar refractivity (Wildman–Crippen MR) is 66.6 cm³/mol. The molecule has 0 saturated carbocycles. The van der Waals surface area contributed by atoms with Crippen LogP contribution in [0.15, 0.2) is 29.2 Å². The highest BCUT2D eigenvalue weighted by atomic mass is 35.5. The molecule has 0 saturated heterocycles. The van der Waals surface area contributed by atoms with Crippen LogP contribution in [-0.4, -0.2) is 38.0 Å². The monoisotopic (exact) mass is 278 g/mol. The quantitative estimate of drug-likeness (QED) is 0.678. The van der Waals surface area contributed by atoms with Gasteiger partial charge in [0.05, 0.1) is 12.5 Å². The first-order valence-electron chi connectivity index (χ1n) is 5.05. The Morgan fingerprint density at radius 1 is 1.47 bits per heavy atom. The van der Waals surface area contributed by atoms with Crippen molar-refractivity contribution < 1.29 is 8.42 Å². The standard InChI is InChI=1S/C9H14N4O2S.ClH/c14-16(15,9-6-11-7-12-9)13-5-8-1-3-10-4-2-8;/h1,6-7,10,13H,2-5H2,(H,11,12);1H. The molecule has 0 aliphatic carbocycles. The molecule has 0 spiro atoms. The second kappa shape index (κ2) is 6.15. The summed E-state index contributed by atoms with van der Waals surface area (Å²) in [6.45, 7) is 2.07. The summed E-state index contributed by atoms with van der Waals surface area (Å²) in [5.74, 6) is 0. The van der Waals surface area contributed by atoms with E-state index in [9.17, 15) is 8.42 Å². The van der Waals surface area contributed by atoms with Crippen LogP contribution in [-0.2, 0) is 10.0 Å². The number of nitrogens with one attached hydrogen (secondary N) is 3. The molecule has 8 heteroatoms. The van der Waals surface area contributed by atoms with Gasteiger partial charge in [0.15, 0.2) is 5.03 Å². The lowest BCUT2D eigenvalue weighted by atomic mass is 10.1. The minimum absolute atomic E-state index is 0. The Balaban J connectivity index is 0.00000144. The molecular weight excluding hydrogens is 264 g/mol. The smallest absolute Gasteiger partial charge is 0.257 e. The summed E-state index contributed by atoms with van der Waals surface area (Å²) in [6, 6.07) is 0. The van der Waals surface area contributed by atoms with E-state index >= 15 is 0 Å². The van der Waals surface area contributed by atoms with E-state index < -0.39 is 10.0 Å². The topological polar surface area (TPSA) is 86.9 Å². The third-order valence-electron chi connectivity index (χ3n) is 2.41. The van der Waals surface area contributed by atoms with Gasteiger partial charge in [-0.1, -0.05) is 11.6 Å². The van der Waals surface area contributed by atoms with Gasteiger partial charge in [-0.15, -0.1) is 12.4 Å². The van der Waals surface area contributed by atoms with Crippen molar-refractivity contribution in [3.8, 4) is 0 Å². The lowest BCUT2D eigenvalue weighted by Gasteiger charge is -2.14. The van der Waals surface area contributed by atoms with Crippen LogP contribution < -0.4 is 10.0 Å². The molecule has 2 rings (SSSR count). The number of hydrogen-bond acceptors (Lipinski definition) is 4. The molecule has 0 aromatic carbocycles. The molecule has 0 unspecified atom stereocenters. The molecule has 2 heterocycles. The number of aromatic amines is 1. The van der Waals surface area contributed by atoms with Gasteiger partial charge in [-0.25, -0.2) is 18.1 Å². The van der Waals surface area contributed by atoms with Gasteiger partial charge in [-0.05, 0) is 13.0 Å². The van der Waals surface area contributed by atoms with Crippen LogP contribution in [0.25, 0.3) is 0 Å². The maximum absolute atomic E-state index is 11.7. The Bertz CT molecular complexity index is 469. The van der Waals surface area contributed by atoms with Gasteiger partial charge < -0.3 is 10.3 Å². The number of rotatable bonds is 4. The highest BCUT2D eigenvalue weighted by molar-refractivity contribution is 7.89. The summed E-state index contributed by atoms with van der Waals surface area (Å²) in [5.41, 5.74) is 1.11. The van der Waals surface area contributed by atoms with Crippen molar-refractivity contribution in [3.05, 3.63) is 24.2 Å². The lowest BCUT2D eigenvalue weighted by Crippen LogP contribution is -2.29. The molecule has 3 N–H and O–H groups in total. The van der Waals surface area contributed by atoms with Crippen molar-refractivity contribution in [2.45, 2.75) is 11.4 Å². The Kier molecular flexibility index (Phi) is 5.13. The first kappa shape index (κ1) is 14.2. The van der Waals surface area contributed by atoms with E-state index in [0.717, 1.165) is 25.1 Å². The molecule has 0 fully saturated rings. The van der Waals surface area contributed by atoms with Crippen LogP contribution in [0, 0.1) is 0 Å². The summed E-state index contributed by atoms with van der Waals surface area (Å²) in [4.78, 5) is 6.26. The predicted octanol–water partition coefficient (Wildman–Crippen LogP) is 0.0295. The fourth-order valence-electron chi connectivity index (χ4n) is 1.49. The van der Waals surface area contributed by atoms with Crippen molar-refractivity contribution in [2.24, 2.45) is 0 Å². The number of H-pyrrole nitrogens is 1. The molecule has 96 valence electrons. The van der Waals surface area contributed by atoms with Gasteiger partial charge in [0, 0.05) is 13.1 Å². The third-order valence-corrected chi connectivity index (χ3v) is 3.74. The van der Waals surface area contributed by atoms with E-state index in [1.807, 2.05) is 6.08 Å². The zero-order chi connectivity index (χ0) is 11.4. The molecule has 0 atom stereocenters. The molecule has 17 heavy (non-hydrogen) atoms. The van der Waals surface area contributed by atoms with E-state index in [0.29, 0.717) is 6.54 Å². The average molecular weight is 279 g/mol. The number of imidazole rings is 1. The van der Waals surface area contributed by atoms with Crippen molar-refractivity contribution >= 4 is 22.4 Å². The zero-order valence-corrected chi connectivity index (χ0v) is 10.8. The molecule has 0 bridgehead atoms. The molecule has 1 aliphatic heterocycles. The molecule has 1 aliphatic rings. The van der Waals surface area contributed by atoms with E-state index in [2.05, 4.69) is 20.0 Å². The van der Waals surface area contributed by atoms with Crippen LogP contribution in [0.1, 0.15) is 6.42 Å². The van der Waals surface area contributed by atoms with E-state index in [1.54, 1.807) is 0 Å². The van der Waals surface area contributed by atoms with Crippen molar-refractivity contribution in [1.82, 2.24) is 20.0 Å². The van der Waals surface area contributed by atoms with Crippen LogP contribution in [0.4, 0.5) is 0 Å². The number of nitrogens with zero attached hydrogens (tertiary/aromatic N) is 1. The normalized spacial score (nSPS) is 16.1. The zero-order valence-electron chi connectivity index (χ0n) is 9.14. The highest BCUT2D eigenvalue weighted by Crippen LogP contribution is 2.06. The van der Waals surface area contributed by atoms with Crippen molar-refractivity contribution in [2.75, 3.05) is 19.6 Å². The molecular formula is C9H15ClN4O2S. The lowest BCUT2D eigenvalue weighted by molar-refractivity contribution is 0.579. The van der Waals surface area contributed by atoms with Gasteiger partial charge in [0.2, 0.25) is 0 Å². The van der Waals surface area contributed by atoms with Gasteiger partial charge >= 0.3 is 0 Å². The van der Waals surface area contributed by atoms with Gasteiger partial charge in [-0.3, -0.25) is 0 Å². The molecule has 0 radical (unpaired) electrons. The molecule has 1 aromatic rings. The van der Waals surface area contributed by atoms with Crippen molar-refractivity contribution in [1.29, 1.82) is 0 Å². The molecule has 6 nitrogen and oxygen atoms in total.